The molecule has 0 saturated carbocycles. The Labute approximate surface area is 273 Å². The van der Waals surface area contributed by atoms with Gasteiger partial charge in [-0.05, 0) is 59.3 Å². The fourth-order valence-corrected chi connectivity index (χ4v) is 8.06. The van der Waals surface area contributed by atoms with E-state index >= 15 is 0 Å². The van der Waals surface area contributed by atoms with Crippen LogP contribution >= 0.6 is 0 Å². The molecule has 220 valence electrons. The average Bonchev–Trinajstić information content (AvgIpc) is 3.79. The molecule has 0 bridgehead atoms. The molecule has 4 heterocycles. The summed E-state index contributed by atoms with van der Waals surface area (Å²) in [6, 6.07) is 51.0. The van der Waals surface area contributed by atoms with Gasteiger partial charge in [0, 0.05) is 37.9 Å². The van der Waals surface area contributed by atoms with Gasteiger partial charge in [0.05, 0.1) is 50.2 Å². The molecule has 0 fully saturated rings. The predicted octanol–water partition coefficient (Wildman–Crippen LogP) is 10.6. The molecule has 0 radical (unpaired) electrons. The van der Waals surface area contributed by atoms with Crippen LogP contribution in [0, 0.1) is 11.3 Å². The van der Waals surface area contributed by atoms with E-state index < -0.39 is 0 Å². The SMILES string of the molecule is N#Cc1cccc(-c2nc3ccccc3nc2-n2c3ccccc3c3cc4c5ccccc5n5c6ccc7ccccc7c6c(c32)c45)c1. The van der Waals surface area contributed by atoms with Crippen LogP contribution in [0.4, 0.5) is 0 Å². The number of aromatic nitrogens is 4. The Morgan fingerprint density at radius 3 is 2.02 bits per heavy atom. The molecule has 0 unspecified atom stereocenters. The van der Waals surface area contributed by atoms with Crippen LogP contribution in [-0.2, 0) is 0 Å². The van der Waals surface area contributed by atoms with E-state index in [-0.39, 0.29) is 0 Å². The van der Waals surface area contributed by atoms with Crippen molar-refractivity contribution in [3.8, 4) is 23.1 Å². The molecule has 5 heteroatoms. The normalized spacial score (nSPS) is 12.1. The second kappa shape index (κ2) is 9.16. The Bertz CT molecular complexity index is 3190. The van der Waals surface area contributed by atoms with E-state index in [4.69, 9.17) is 9.97 Å². The van der Waals surface area contributed by atoms with E-state index in [1.807, 2.05) is 48.5 Å². The molecule has 11 rings (SSSR count). The summed E-state index contributed by atoms with van der Waals surface area (Å²) in [4.78, 5) is 10.6. The Balaban J connectivity index is 1.44. The highest BCUT2D eigenvalue weighted by Gasteiger charge is 2.27. The highest BCUT2D eigenvalue weighted by atomic mass is 15.1. The van der Waals surface area contributed by atoms with Crippen LogP contribution in [0.3, 0.4) is 0 Å². The first-order valence-electron chi connectivity index (χ1n) is 16.1. The molecule has 0 amide bonds. The lowest BCUT2D eigenvalue weighted by Crippen LogP contribution is -2.04. The van der Waals surface area contributed by atoms with E-state index in [9.17, 15) is 5.26 Å². The first-order valence-corrected chi connectivity index (χ1v) is 16.1. The van der Waals surface area contributed by atoms with Crippen LogP contribution in [0.5, 0.6) is 0 Å². The van der Waals surface area contributed by atoms with Gasteiger partial charge in [0.15, 0.2) is 5.82 Å². The first-order chi connectivity index (χ1) is 23.8. The molecule has 7 aromatic carbocycles. The number of rotatable bonds is 2. The molecule has 0 spiro atoms. The van der Waals surface area contributed by atoms with Crippen molar-refractivity contribution in [3.63, 3.8) is 0 Å². The maximum Gasteiger partial charge on any atom is 0.165 e. The molecule has 0 saturated heterocycles. The maximum atomic E-state index is 9.84. The van der Waals surface area contributed by atoms with Crippen LogP contribution < -0.4 is 0 Å². The minimum atomic E-state index is 0.584. The average molecular weight is 610 g/mol. The molecule has 4 aromatic heterocycles. The number of nitrogens with zero attached hydrogens (tertiary/aromatic N) is 5. The van der Waals surface area contributed by atoms with Crippen molar-refractivity contribution in [2.45, 2.75) is 0 Å². The Morgan fingerprint density at radius 1 is 0.500 bits per heavy atom. The molecular weight excluding hydrogens is 587 g/mol. The summed E-state index contributed by atoms with van der Waals surface area (Å²) in [5, 5.41) is 19.5. The third-order valence-corrected chi connectivity index (χ3v) is 10.0. The number of hydrogen-bond acceptors (Lipinski definition) is 3. The number of benzene rings is 7. The Morgan fingerprint density at radius 2 is 1.19 bits per heavy atom. The van der Waals surface area contributed by atoms with E-state index in [0.717, 1.165) is 44.5 Å². The molecule has 0 aliphatic rings. The van der Waals surface area contributed by atoms with Gasteiger partial charge in [-0.2, -0.15) is 5.26 Å². The second-order valence-electron chi connectivity index (χ2n) is 12.5. The summed E-state index contributed by atoms with van der Waals surface area (Å²) >= 11 is 0. The van der Waals surface area contributed by atoms with Gasteiger partial charge in [0.2, 0.25) is 0 Å². The van der Waals surface area contributed by atoms with Crippen molar-refractivity contribution in [1.29, 1.82) is 5.26 Å². The van der Waals surface area contributed by atoms with Crippen molar-refractivity contribution in [2.24, 2.45) is 0 Å². The van der Waals surface area contributed by atoms with Crippen molar-refractivity contribution in [3.05, 3.63) is 145 Å². The van der Waals surface area contributed by atoms with Gasteiger partial charge in [-0.3, -0.25) is 4.57 Å². The minimum absolute atomic E-state index is 0.584. The van der Waals surface area contributed by atoms with Crippen LogP contribution in [0.2, 0.25) is 0 Å². The Hall–Kier alpha value is -6.77. The predicted molar refractivity (Wildman–Crippen MR) is 196 cm³/mol. The number of nitriles is 1. The lowest BCUT2D eigenvalue weighted by Gasteiger charge is -2.14. The van der Waals surface area contributed by atoms with Gasteiger partial charge in [-0.25, -0.2) is 9.97 Å². The summed E-state index contributed by atoms with van der Waals surface area (Å²) in [6.07, 6.45) is 0. The van der Waals surface area contributed by atoms with Gasteiger partial charge in [0.1, 0.15) is 5.69 Å². The molecule has 48 heavy (non-hydrogen) atoms. The van der Waals surface area contributed by atoms with Crippen LogP contribution in [0.1, 0.15) is 5.56 Å². The fraction of sp³-hybridized carbons (Fsp3) is 0. The van der Waals surface area contributed by atoms with E-state index in [1.54, 1.807) is 0 Å². The standard InChI is InChI=1S/C43H23N5/c44-24-25-10-9-12-27(22-25)40-43(46-34-17-6-5-16-33(34)45-40)48-36-19-8-4-15-30(36)32-23-31-29-14-3-7-18-35(29)47-37-21-20-26-11-1-2-13-28(26)38(37)39(41(31)47)42(32)48/h1-23H. The van der Waals surface area contributed by atoms with Gasteiger partial charge >= 0.3 is 0 Å². The second-order valence-corrected chi connectivity index (χ2v) is 12.5. The molecule has 5 nitrogen and oxygen atoms in total. The molecular formula is C43H23N5. The minimum Gasteiger partial charge on any atom is -0.308 e. The monoisotopic (exact) mass is 609 g/mol. The van der Waals surface area contributed by atoms with E-state index in [1.165, 1.54) is 54.3 Å². The van der Waals surface area contributed by atoms with Gasteiger partial charge in [-0.1, -0.05) is 91.0 Å². The van der Waals surface area contributed by atoms with Crippen molar-refractivity contribution < 1.29 is 0 Å². The quantitative estimate of drug-likeness (QED) is 0.196. The van der Waals surface area contributed by atoms with Crippen molar-refractivity contribution in [2.75, 3.05) is 0 Å². The first kappa shape index (κ1) is 25.4. The highest BCUT2D eigenvalue weighted by Crippen LogP contribution is 2.48. The van der Waals surface area contributed by atoms with Crippen LogP contribution in [-0.4, -0.2) is 18.9 Å². The third-order valence-electron chi connectivity index (χ3n) is 10.0. The number of fused-ring (bicyclic) bond motifs is 13. The Kier molecular flexibility index (Phi) is 4.85. The molecule has 11 aromatic rings. The lowest BCUT2D eigenvalue weighted by molar-refractivity contribution is 1.08. The highest BCUT2D eigenvalue weighted by molar-refractivity contribution is 6.37. The van der Waals surface area contributed by atoms with Gasteiger partial charge in [0.25, 0.3) is 0 Å². The molecule has 0 atom stereocenters. The van der Waals surface area contributed by atoms with E-state index in [2.05, 4.69) is 106 Å². The summed E-state index contributed by atoms with van der Waals surface area (Å²) in [7, 11) is 0. The van der Waals surface area contributed by atoms with Crippen LogP contribution in [0.15, 0.2) is 140 Å². The fourth-order valence-electron chi connectivity index (χ4n) is 8.06. The van der Waals surface area contributed by atoms with Gasteiger partial charge < -0.3 is 4.40 Å². The lowest BCUT2D eigenvalue weighted by atomic mass is 9.99. The van der Waals surface area contributed by atoms with Gasteiger partial charge in [-0.15, -0.1) is 0 Å². The third kappa shape index (κ3) is 3.18. The number of hydrogen-bond donors (Lipinski definition) is 0. The topological polar surface area (TPSA) is 58.9 Å². The summed E-state index contributed by atoms with van der Waals surface area (Å²) in [5.74, 6) is 0.738. The van der Waals surface area contributed by atoms with Crippen molar-refractivity contribution >= 4 is 81.7 Å². The van der Waals surface area contributed by atoms with Crippen LogP contribution in [0.25, 0.3) is 98.8 Å². The summed E-state index contributed by atoms with van der Waals surface area (Å²) in [5.41, 5.74) is 9.55. The zero-order valence-electron chi connectivity index (χ0n) is 25.5. The zero-order chi connectivity index (χ0) is 31.5. The zero-order valence-corrected chi connectivity index (χ0v) is 25.5. The molecule has 0 N–H and O–H groups in total. The molecule has 0 aliphatic heterocycles. The molecule has 0 aliphatic carbocycles. The van der Waals surface area contributed by atoms with Crippen molar-refractivity contribution in [1.82, 2.24) is 18.9 Å². The summed E-state index contributed by atoms with van der Waals surface area (Å²) < 4.78 is 4.78. The number of para-hydroxylation sites is 4. The largest absolute Gasteiger partial charge is 0.308 e. The smallest absolute Gasteiger partial charge is 0.165 e. The summed E-state index contributed by atoms with van der Waals surface area (Å²) in [6.45, 7) is 0. The van der Waals surface area contributed by atoms with E-state index in [0.29, 0.717) is 5.56 Å². The maximum absolute atomic E-state index is 9.84.